The molecule has 10 nitrogen and oxygen atoms in total. The van der Waals surface area contributed by atoms with Crippen molar-refractivity contribution in [2.45, 2.75) is 90.5 Å². The lowest BCUT2D eigenvalue weighted by molar-refractivity contribution is -0.124. The molecular formula is C31H47N5O5S. The summed E-state index contributed by atoms with van der Waals surface area (Å²) in [6.07, 6.45) is 11.4. The van der Waals surface area contributed by atoms with E-state index in [2.05, 4.69) is 12.2 Å². The van der Waals surface area contributed by atoms with Gasteiger partial charge >= 0.3 is 6.03 Å². The van der Waals surface area contributed by atoms with Crippen LogP contribution >= 0.6 is 0 Å². The van der Waals surface area contributed by atoms with E-state index >= 15 is 0 Å². The number of carbonyl (C=O) groups excluding carboxylic acids is 2. The van der Waals surface area contributed by atoms with E-state index in [-0.39, 0.29) is 19.0 Å². The van der Waals surface area contributed by atoms with E-state index in [4.69, 9.17) is 15.5 Å². The largest absolute Gasteiger partial charge is 0.380 e. The number of ether oxygens (including phenoxy) is 1. The molecule has 3 aliphatic rings. The van der Waals surface area contributed by atoms with Gasteiger partial charge in [0.15, 0.2) is 0 Å². The van der Waals surface area contributed by atoms with Crippen LogP contribution in [0.3, 0.4) is 0 Å². The van der Waals surface area contributed by atoms with Crippen LogP contribution in [0.15, 0.2) is 22.5 Å². The number of amidine groups is 1. The fourth-order valence-corrected chi connectivity index (χ4v) is 7.25. The Bertz CT molecular complexity index is 1300. The first-order chi connectivity index (χ1) is 19.8. The third-order valence-electron chi connectivity index (χ3n) is 8.99. The van der Waals surface area contributed by atoms with Crippen molar-refractivity contribution >= 4 is 39.6 Å². The van der Waals surface area contributed by atoms with Crippen LogP contribution in [0.1, 0.15) is 87.8 Å². The van der Waals surface area contributed by atoms with Gasteiger partial charge in [-0.3, -0.25) is 14.7 Å². The maximum absolute atomic E-state index is 13.2. The number of sulfonamides is 1. The number of aliphatic imine (C=N–C) groups is 1. The first kappa shape index (κ1) is 32.2. The van der Waals surface area contributed by atoms with Gasteiger partial charge in [0.25, 0.3) is 5.91 Å². The molecule has 3 aliphatic heterocycles. The van der Waals surface area contributed by atoms with Gasteiger partial charge in [0, 0.05) is 43.1 Å². The summed E-state index contributed by atoms with van der Waals surface area (Å²) in [5.41, 5.74) is 8.01. The average Bonchev–Trinajstić information content (AvgIpc) is 3.22. The Hall–Kier alpha value is -2.76. The maximum atomic E-state index is 13.2. The van der Waals surface area contributed by atoms with Gasteiger partial charge in [0.05, 0.1) is 13.2 Å². The molecule has 4 rings (SSSR count). The van der Waals surface area contributed by atoms with Gasteiger partial charge < -0.3 is 15.8 Å². The van der Waals surface area contributed by atoms with Crippen LogP contribution < -0.4 is 16.0 Å². The molecule has 0 radical (unpaired) electrons. The summed E-state index contributed by atoms with van der Waals surface area (Å²) in [4.78, 5) is 30.5. The monoisotopic (exact) mass is 601 g/mol. The number of rotatable bonds is 13. The molecule has 42 heavy (non-hydrogen) atoms. The van der Waals surface area contributed by atoms with Crippen molar-refractivity contribution in [1.29, 1.82) is 0 Å². The SMILES string of the molecule is Cc1cc(N(C)C(N)=O)cc(C)c1C=CS(=O)(=O)N1CCC2(CC1)N=C(CCCCCCCCC1(C)COC1)NC2=O. The molecule has 3 heterocycles. The summed E-state index contributed by atoms with van der Waals surface area (Å²) in [6.45, 7) is 8.32. The molecule has 3 amide bonds. The summed E-state index contributed by atoms with van der Waals surface area (Å²) in [7, 11) is -2.09. The number of unbranched alkanes of at least 4 members (excludes halogenated alkanes) is 5. The standard InChI is InChI=1S/C31H47N5O5S/c1-23-19-25(35(4)29(32)38)20-24(2)26(23)12-18-42(39,40)36-16-14-31(15-17-36)28(37)33-27(34-31)11-9-7-5-6-8-10-13-30(3)21-41-22-30/h12,18-20H,5-11,13-17,21-22H2,1-4H3,(H2,32,38)(H,33,34,37). The maximum Gasteiger partial charge on any atom is 0.318 e. The molecule has 1 aromatic carbocycles. The Balaban J connectivity index is 1.24. The number of nitrogens with two attached hydrogens (primary N) is 1. The van der Waals surface area contributed by atoms with Gasteiger partial charge in [-0.1, -0.05) is 39.0 Å². The summed E-state index contributed by atoms with van der Waals surface area (Å²) in [5, 5.41) is 4.20. The quantitative estimate of drug-likeness (QED) is 0.318. The average molecular weight is 602 g/mol. The molecule has 0 aromatic heterocycles. The molecule has 0 bridgehead atoms. The highest BCUT2D eigenvalue weighted by Crippen LogP contribution is 2.34. The zero-order valence-electron chi connectivity index (χ0n) is 25.6. The predicted octanol–water partition coefficient (Wildman–Crippen LogP) is 4.64. The number of nitrogens with zero attached hydrogens (tertiary/aromatic N) is 3. The van der Waals surface area contributed by atoms with Gasteiger partial charge in [0.1, 0.15) is 11.4 Å². The molecule has 2 fully saturated rings. The second-order valence-corrected chi connectivity index (χ2v) is 14.4. The molecule has 232 valence electrons. The molecule has 0 saturated carbocycles. The first-order valence-corrected chi connectivity index (χ1v) is 16.7. The number of aryl methyl sites for hydroxylation is 2. The van der Waals surface area contributed by atoms with Crippen molar-refractivity contribution in [2.24, 2.45) is 16.1 Å². The van der Waals surface area contributed by atoms with E-state index in [1.807, 2.05) is 13.8 Å². The fourth-order valence-electron chi connectivity index (χ4n) is 6.07. The minimum Gasteiger partial charge on any atom is -0.380 e. The van der Waals surface area contributed by atoms with Crippen LogP contribution in [0, 0.1) is 19.3 Å². The number of nitrogens with one attached hydrogen (secondary N) is 1. The molecule has 2 saturated heterocycles. The highest BCUT2D eigenvalue weighted by Gasteiger charge is 2.46. The number of hydrogen-bond acceptors (Lipinski definition) is 6. The van der Waals surface area contributed by atoms with Gasteiger partial charge in [-0.2, -0.15) is 4.31 Å². The number of piperidine rings is 1. The van der Waals surface area contributed by atoms with Crippen LogP contribution in [0.2, 0.25) is 0 Å². The lowest BCUT2D eigenvalue weighted by Gasteiger charge is -2.38. The van der Waals surface area contributed by atoms with Crippen molar-refractivity contribution in [1.82, 2.24) is 9.62 Å². The number of hydrogen-bond donors (Lipinski definition) is 2. The van der Waals surface area contributed by atoms with Crippen LogP contribution in [-0.2, 0) is 19.6 Å². The van der Waals surface area contributed by atoms with Crippen molar-refractivity contribution in [3.8, 4) is 0 Å². The predicted molar refractivity (Wildman–Crippen MR) is 167 cm³/mol. The van der Waals surface area contributed by atoms with Crippen LogP contribution in [-0.4, -0.2) is 69.4 Å². The lowest BCUT2D eigenvalue weighted by atomic mass is 9.83. The van der Waals surface area contributed by atoms with Crippen molar-refractivity contribution in [3.63, 3.8) is 0 Å². The molecule has 3 N–H and O–H groups in total. The minimum absolute atomic E-state index is 0.106. The van der Waals surface area contributed by atoms with Crippen molar-refractivity contribution in [2.75, 3.05) is 38.3 Å². The van der Waals surface area contributed by atoms with E-state index in [9.17, 15) is 18.0 Å². The Morgan fingerprint density at radius 3 is 2.26 bits per heavy atom. The third kappa shape index (κ3) is 7.60. The summed E-state index contributed by atoms with van der Waals surface area (Å²) < 4.78 is 33.1. The van der Waals surface area contributed by atoms with Gasteiger partial charge in [-0.05, 0) is 74.4 Å². The number of anilines is 1. The normalized spacial score (nSPS) is 20.0. The Morgan fingerprint density at radius 1 is 1.10 bits per heavy atom. The van der Waals surface area contributed by atoms with E-state index < -0.39 is 21.6 Å². The van der Waals surface area contributed by atoms with E-state index in [1.54, 1.807) is 25.3 Å². The zero-order valence-corrected chi connectivity index (χ0v) is 26.4. The molecule has 0 unspecified atom stereocenters. The number of urea groups is 1. The Labute approximate surface area is 250 Å². The number of amides is 3. The summed E-state index contributed by atoms with van der Waals surface area (Å²) in [6, 6.07) is 3.04. The molecule has 0 aliphatic carbocycles. The smallest absolute Gasteiger partial charge is 0.318 e. The molecule has 1 spiro atoms. The van der Waals surface area contributed by atoms with Gasteiger partial charge in [0.2, 0.25) is 10.0 Å². The number of carbonyl (C=O) groups is 2. The van der Waals surface area contributed by atoms with Crippen LogP contribution in [0.4, 0.5) is 10.5 Å². The highest BCUT2D eigenvalue weighted by molar-refractivity contribution is 7.92. The summed E-state index contributed by atoms with van der Waals surface area (Å²) in [5.74, 6) is 0.635. The van der Waals surface area contributed by atoms with Crippen molar-refractivity contribution < 1.29 is 22.7 Å². The zero-order chi connectivity index (χ0) is 30.5. The highest BCUT2D eigenvalue weighted by atomic mass is 32.2. The second-order valence-electron chi connectivity index (χ2n) is 12.6. The minimum atomic E-state index is -3.68. The third-order valence-corrected chi connectivity index (χ3v) is 10.6. The Morgan fingerprint density at radius 2 is 1.69 bits per heavy atom. The fraction of sp³-hybridized carbons (Fsp3) is 0.645. The van der Waals surface area contributed by atoms with Gasteiger partial charge in [-0.25, -0.2) is 13.2 Å². The summed E-state index contributed by atoms with van der Waals surface area (Å²) >= 11 is 0. The van der Waals surface area contributed by atoms with Crippen LogP contribution in [0.5, 0.6) is 0 Å². The van der Waals surface area contributed by atoms with E-state index in [1.165, 1.54) is 46.7 Å². The topological polar surface area (TPSA) is 134 Å². The molecular weight excluding hydrogens is 554 g/mol. The number of primary amides is 1. The second kappa shape index (κ2) is 13.3. The van der Waals surface area contributed by atoms with E-state index in [0.29, 0.717) is 23.9 Å². The van der Waals surface area contributed by atoms with Gasteiger partial charge in [-0.15, -0.1) is 0 Å². The molecule has 11 heteroatoms. The van der Waals surface area contributed by atoms with Crippen LogP contribution in [0.25, 0.3) is 6.08 Å². The lowest BCUT2D eigenvalue weighted by Crippen LogP contribution is -2.50. The Kier molecular flexibility index (Phi) is 10.2. The molecule has 1 aromatic rings. The van der Waals surface area contributed by atoms with E-state index in [0.717, 1.165) is 55.0 Å². The number of benzene rings is 1. The van der Waals surface area contributed by atoms with Crippen molar-refractivity contribution in [3.05, 3.63) is 34.2 Å². The molecule has 0 atom stereocenters. The first-order valence-electron chi connectivity index (χ1n) is 15.1.